The topological polar surface area (TPSA) is 247 Å². The Labute approximate surface area is 496 Å². The van der Waals surface area contributed by atoms with Crippen LogP contribution in [0.15, 0.2) is 84.8 Å². The molecule has 0 radical (unpaired) electrons. The van der Waals surface area contributed by atoms with E-state index < -0.39 is 47.2 Å². The van der Waals surface area contributed by atoms with Crippen molar-refractivity contribution in [1.82, 2.24) is 45.5 Å². The van der Waals surface area contributed by atoms with Crippen molar-refractivity contribution in [3.05, 3.63) is 119 Å². The van der Waals surface area contributed by atoms with Gasteiger partial charge in [0.1, 0.15) is 30.1 Å². The number of aliphatic hydroxyl groups is 1. The fourth-order valence-electron chi connectivity index (χ4n) is 9.80. The zero-order valence-corrected chi connectivity index (χ0v) is 49.5. The minimum absolute atomic E-state index is 0.0168. The molecule has 85 heavy (non-hydrogen) atoms. The van der Waals surface area contributed by atoms with Crippen LogP contribution in [-0.4, -0.2) is 154 Å². The molecule has 2 saturated heterocycles. The molecule has 21 nitrogen and oxygen atoms in total. The third-order valence-corrected chi connectivity index (χ3v) is 15.4. The van der Waals surface area contributed by atoms with Gasteiger partial charge in [-0.2, -0.15) is 13.2 Å². The van der Waals surface area contributed by atoms with Gasteiger partial charge < -0.3 is 54.5 Å². The molecule has 6 aromatic rings. The number of anilines is 2. The Morgan fingerprint density at radius 3 is 2.28 bits per heavy atom. The molecule has 2 aliphatic heterocycles. The molecule has 4 amide bonds. The lowest BCUT2D eigenvalue weighted by Crippen LogP contribution is -2.57. The van der Waals surface area contributed by atoms with Crippen molar-refractivity contribution in [3.63, 3.8) is 0 Å². The highest BCUT2D eigenvalue weighted by atomic mass is 32.1. The molecule has 4 atom stereocenters. The molecule has 2 aromatic carbocycles. The van der Waals surface area contributed by atoms with Crippen LogP contribution in [-0.2, 0) is 52.7 Å². The van der Waals surface area contributed by atoms with Gasteiger partial charge >= 0.3 is 6.18 Å². The Morgan fingerprint density at radius 1 is 0.847 bits per heavy atom. The molecular weight excluding hydrogens is 1120 g/mol. The SMILES string of the molecule is Cc1ncc(NC(=O)c2cccc(C(F)(F)F)c2)cc1-c1cnc(OCCOCCOCCOCc2cn(CCCCC(=O)N[C@@H](C(=O)N3C[C@H](O)C[C@H]3C(=O)N[C@@H](C)c3ccc(-c4scnc4C)cc3)C(C)(C)C)nn2)c(N2CCOCC2)c1. The predicted molar refractivity (Wildman–Crippen MR) is 312 cm³/mol. The average Bonchev–Trinajstić information content (AvgIpc) is 4.29. The molecule has 2 aliphatic rings. The first-order valence-electron chi connectivity index (χ1n) is 28.3. The summed E-state index contributed by atoms with van der Waals surface area (Å²) in [5, 5.41) is 27.7. The Balaban J connectivity index is 0.701. The summed E-state index contributed by atoms with van der Waals surface area (Å²) in [5.74, 6) is -1.39. The largest absolute Gasteiger partial charge is 0.474 e. The van der Waals surface area contributed by atoms with E-state index in [-0.39, 0.29) is 62.6 Å². The molecule has 0 aliphatic carbocycles. The van der Waals surface area contributed by atoms with E-state index in [4.69, 9.17) is 23.7 Å². The number of nitrogens with one attached hydrogen (secondary N) is 3. The number of carbonyl (C=O) groups is 4. The number of likely N-dealkylation sites (tertiary alicyclic amines) is 1. The van der Waals surface area contributed by atoms with Gasteiger partial charge in [0.2, 0.25) is 23.6 Å². The van der Waals surface area contributed by atoms with Crippen molar-refractivity contribution in [3.8, 4) is 27.4 Å². The van der Waals surface area contributed by atoms with Gasteiger partial charge in [0, 0.05) is 67.6 Å². The van der Waals surface area contributed by atoms with Crippen molar-refractivity contribution < 1.29 is 61.1 Å². The number of thiazole rings is 1. The number of hydrogen-bond donors (Lipinski definition) is 4. The van der Waals surface area contributed by atoms with Crippen LogP contribution in [0.25, 0.3) is 21.6 Å². The van der Waals surface area contributed by atoms with Crippen LogP contribution in [0.4, 0.5) is 24.5 Å². The number of nitrogens with zero attached hydrogens (tertiary/aromatic N) is 8. The van der Waals surface area contributed by atoms with Gasteiger partial charge in [-0.15, -0.1) is 16.4 Å². The minimum Gasteiger partial charge on any atom is -0.474 e. The molecule has 0 unspecified atom stereocenters. The molecule has 8 rings (SSSR count). The number of amides is 4. The van der Waals surface area contributed by atoms with Gasteiger partial charge in [0.25, 0.3) is 5.91 Å². The van der Waals surface area contributed by atoms with Crippen LogP contribution in [0, 0.1) is 19.3 Å². The molecule has 6 heterocycles. The van der Waals surface area contributed by atoms with Gasteiger partial charge in [-0.05, 0) is 80.5 Å². The average molecular weight is 1200 g/mol. The molecule has 456 valence electrons. The van der Waals surface area contributed by atoms with Gasteiger partial charge in [-0.1, -0.05) is 56.3 Å². The lowest BCUT2D eigenvalue weighted by atomic mass is 9.85. The Bertz CT molecular complexity index is 3200. The van der Waals surface area contributed by atoms with E-state index in [0.717, 1.165) is 39.5 Å². The number of β-amino-alcohol motifs (C(OH)–C–C–N with tert-alkyl or cyclic N) is 1. The third-order valence-electron chi connectivity index (χ3n) is 14.4. The zero-order valence-electron chi connectivity index (χ0n) is 48.7. The Hall–Kier alpha value is -7.42. The van der Waals surface area contributed by atoms with Crippen molar-refractivity contribution in [1.29, 1.82) is 0 Å². The Kier molecular flexibility index (Phi) is 22.1. The van der Waals surface area contributed by atoms with Gasteiger partial charge in [-0.25, -0.2) is 9.97 Å². The van der Waals surface area contributed by atoms with Crippen LogP contribution < -0.4 is 25.6 Å². The van der Waals surface area contributed by atoms with E-state index in [1.807, 2.05) is 77.4 Å². The summed E-state index contributed by atoms with van der Waals surface area (Å²) in [4.78, 5) is 72.2. The zero-order chi connectivity index (χ0) is 60.7. The maximum absolute atomic E-state index is 14.2. The summed E-state index contributed by atoms with van der Waals surface area (Å²) in [7, 11) is 0. The number of aromatic nitrogens is 6. The van der Waals surface area contributed by atoms with Gasteiger partial charge in [0.05, 0.1) is 105 Å². The van der Waals surface area contributed by atoms with Crippen LogP contribution in [0.3, 0.4) is 0 Å². The molecule has 4 aromatic heterocycles. The van der Waals surface area contributed by atoms with E-state index in [1.54, 1.807) is 34.5 Å². The predicted octanol–water partition coefficient (Wildman–Crippen LogP) is 7.75. The first kappa shape index (κ1) is 63.6. The maximum Gasteiger partial charge on any atom is 0.416 e. The molecule has 0 spiro atoms. The van der Waals surface area contributed by atoms with E-state index >= 15 is 0 Å². The first-order valence-corrected chi connectivity index (χ1v) is 29.2. The smallest absolute Gasteiger partial charge is 0.416 e. The van der Waals surface area contributed by atoms with E-state index in [1.165, 1.54) is 23.2 Å². The fraction of sp³-hybridized carbons (Fsp3) is 0.483. The summed E-state index contributed by atoms with van der Waals surface area (Å²) in [5.41, 5.74) is 6.64. The van der Waals surface area contributed by atoms with Gasteiger partial charge in [-0.3, -0.25) is 28.8 Å². The lowest BCUT2D eigenvalue weighted by molar-refractivity contribution is -0.144. The summed E-state index contributed by atoms with van der Waals surface area (Å²) in [6.45, 7) is 16.0. The fourth-order valence-corrected chi connectivity index (χ4v) is 10.6. The van der Waals surface area contributed by atoms with Gasteiger partial charge in [0.15, 0.2) is 0 Å². The minimum atomic E-state index is -4.59. The maximum atomic E-state index is 14.2. The Morgan fingerprint density at radius 2 is 1.58 bits per heavy atom. The molecule has 25 heteroatoms. The first-order chi connectivity index (χ1) is 40.7. The summed E-state index contributed by atoms with van der Waals surface area (Å²) in [6.07, 6.45) is 0.810. The number of halogens is 3. The summed E-state index contributed by atoms with van der Waals surface area (Å²) < 4.78 is 70.5. The number of unbranched alkanes of at least 4 members (excludes halogenated alkanes) is 1. The second kappa shape index (κ2) is 29.6. The molecule has 0 saturated carbocycles. The van der Waals surface area contributed by atoms with E-state index in [2.05, 4.69) is 46.1 Å². The van der Waals surface area contributed by atoms with Crippen molar-refractivity contribution in [2.75, 3.05) is 82.7 Å². The molecular formula is C60H74F3N11O10S. The molecule has 4 N–H and O–H groups in total. The van der Waals surface area contributed by atoms with Crippen molar-refractivity contribution in [2.45, 2.75) is 111 Å². The van der Waals surface area contributed by atoms with Crippen LogP contribution in [0.1, 0.15) is 98.0 Å². The third kappa shape index (κ3) is 17.8. The van der Waals surface area contributed by atoms with E-state index in [9.17, 15) is 37.5 Å². The number of morpholine rings is 1. The van der Waals surface area contributed by atoms with Crippen molar-refractivity contribution in [2.24, 2.45) is 5.41 Å². The number of carbonyl (C=O) groups excluding carboxylic acids is 4. The normalized spacial score (nSPS) is 16.3. The number of rotatable bonds is 27. The number of ether oxygens (including phenoxy) is 5. The quantitative estimate of drug-likeness (QED) is 0.0360. The highest BCUT2D eigenvalue weighted by molar-refractivity contribution is 7.13. The summed E-state index contributed by atoms with van der Waals surface area (Å²) in [6, 6.07) is 13.6. The van der Waals surface area contributed by atoms with Crippen LogP contribution in [0.2, 0.25) is 0 Å². The summed E-state index contributed by atoms with van der Waals surface area (Å²) >= 11 is 1.57. The number of aliphatic hydroxyl groups excluding tert-OH is 1. The lowest BCUT2D eigenvalue weighted by Gasteiger charge is -2.35. The highest BCUT2D eigenvalue weighted by Crippen LogP contribution is 2.35. The number of alkyl halides is 3. The van der Waals surface area contributed by atoms with Crippen LogP contribution in [0.5, 0.6) is 5.88 Å². The second-order valence-electron chi connectivity index (χ2n) is 22.0. The van der Waals surface area contributed by atoms with Crippen molar-refractivity contribution >= 4 is 46.3 Å². The molecule has 0 bridgehead atoms. The number of aryl methyl sites for hydroxylation is 3. The number of benzene rings is 2. The number of pyridine rings is 2. The van der Waals surface area contributed by atoms with E-state index in [0.29, 0.717) is 106 Å². The standard InChI is InChI=1S/C60H74F3N11O10S/c1-38(41-13-15-42(16-14-41)53-40(3)66-37-85-53)67-56(78)50-31-48(75)35-74(50)58(79)54(59(4,5)6)69-52(76)12-7-8-17-73-34-47(70-71-73)36-83-25-24-81-22-23-82-26-27-84-57-51(72-18-20-80-21-19-72)29-44(32-65-57)49-30-46(33-64-39(49)2)68-55(77)43-10-9-11-45(28-43)60(61,62)63/h9-11,13-16,28-30,32-34,37-38,48,50,54,75H,7-8,12,17-27,31,35-36H2,1-6H3,(H,67,78)(H,68,77)(H,69,76)/t38-,48+,50-,54-/m0/s1. The van der Waals surface area contributed by atoms with Crippen LogP contribution >= 0.6 is 11.3 Å². The molecule has 2 fully saturated rings. The number of hydrogen-bond acceptors (Lipinski definition) is 17. The highest BCUT2D eigenvalue weighted by Gasteiger charge is 2.45. The second-order valence-corrected chi connectivity index (χ2v) is 22.8. The monoisotopic (exact) mass is 1200 g/mol.